The van der Waals surface area contributed by atoms with Crippen molar-refractivity contribution in [2.45, 2.75) is 13.3 Å². The summed E-state index contributed by atoms with van der Waals surface area (Å²) in [6.45, 7) is 1.87. The Balaban J connectivity index is 2.36. The maximum Gasteiger partial charge on any atom is 0.162 e. The van der Waals surface area contributed by atoms with Gasteiger partial charge in [0.2, 0.25) is 0 Å². The van der Waals surface area contributed by atoms with Crippen molar-refractivity contribution in [2.75, 3.05) is 5.73 Å². The van der Waals surface area contributed by atoms with E-state index in [-0.39, 0.29) is 5.78 Å². The summed E-state index contributed by atoms with van der Waals surface area (Å²) in [5, 5.41) is 0. The topological polar surface area (TPSA) is 43.1 Å². The molecule has 0 radical (unpaired) electrons. The van der Waals surface area contributed by atoms with Crippen LogP contribution < -0.4 is 5.73 Å². The van der Waals surface area contributed by atoms with Gasteiger partial charge in [-0.2, -0.15) is 0 Å². The van der Waals surface area contributed by atoms with Crippen molar-refractivity contribution in [3.63, 3.8) is 0 Å². The van der Waals surface area contributed by atoms with Crippen LogP contribution in [0.4, 0.5) is 5.69 Å². The first kappa shape index (κ1) is 11.4. The Morgan fingerprint density at radius 2 is 1.71 bits per heavy atom. The monoisotopic (exact) mass is 225 g/mol. The lowest BCUT2D eigenvalue weighted by Gasteiger charge is -2.06. The number of hydrogen-bond donors (Lipinski definition) is 1. The van der Waals surface area contributed by atoms with Gasteiger partial charge >= 0.3 is 0 Å². The largest absolute Gasteiger partial charge is 0.398 e. The Bertz CT molecular complexity index is 529. The zero-order valence-electron chi connectivity index (χ0n) is 9.81. The first-order valence-corrected chi connectivity index (χ1v) is 5.70. The van der Waals surface area contributed by atoms with E-state index >= 15 is 0 Å². The fourth-order valence-corrected chi connectivity index (χ4v) is 1.80. The quantitative estimate of drug-likeness (QED) is 0.641. The third-order valence-electron chi connectivity index (χ3n) is 2.80. The third-order valence-corrected chi connectivity index (χ3v) is 2.80. The number of hydrogen-bond acceptors (Lipinski definition) is 2. The smallest absolute Gasteiger partial charge is 0.162 e. The lowest BCUT2D eigenvalue weighted by molar-refractivity contribution is 0.0988. The molecule has 0 heterocycles. The maximum atomic E-state index is 11.5. The second-order valence-electron chi connectivity index (χ2n) is 3.94. The van der Waals surface area contributed by atoms with E-state index < -0.39 is 0 Å². The van der Waals surface area contributed by atoms with Crippen molar-refractivity contribution in [1.82, 2.24) is 0 Å². The van der Waals surface area contributed by atoms with E-state index in [2.05, 4.69) is 0 Å². The number of nitrogen functional groups attached to an aromatic ring is 1. The molecular formula is C15H15NO. The Morgan fingerprint density at radius 1 is 1.06 bits per heavy atom. The molecule has 2 aromatic rings. The van der Waals surface area contributed by atoms with Crippen LogP contribution in [0.1, 0.15) is 23.7 Å². The second-order valence-corrected chi connectivity index (χ2v) is 3.94. The van der Waals surface area contributed by atoms with Crippen LogP contribution in [-0.2, 0) is 0 Å². The number of carbonyl (C=O) groups is 1. The van der Waals surface area contributed by atoms with Gasteiger partial charge in [-0.15, -0.1) is 0 Å². The zero-order valence-corrected chi connectivity index (χ0v) is 9.81. The van der Waals surface area contributed by atoms with Gasteiger partial charge in [0.15, 0.2) is 5.78 Å². The van der Waals surface area contributed by atoms with E-state index in [9.17, 15) is 4.79 Å². The third kappa shape index (κ3) is 2.36. The van der Waals surface area contributed by atoms with Crippen LogP contribution in [0.5, 0.6) is 0 Å². The van der Waals surface area contributed by atoms with E-state index in [4.69, 9.17) is 5.73 Å². The Hall–Kier alpha value is -2.09. The fourth-order valence-electron chi connectivity index (χ4n) is 1.80. The van der Waals surface area contributed by atoms with Crippen molar-refractivity contribution in [2.24, 2.45) is 0 Å². The van der Waals surface area contributed by atoms with Crippen LogP contribution in [0.15, 0.2) is 48.5 Å². The van der Waals surface area contributed by atoms with Gasteiger partial charge in [0.05, 0.1) is 0 Å². The van der Waals surface area contributed by atoms with E-state index in [1.165, 1.54) is 0 Å². The van der Waals surface area contributed by atoms with Gasteiger partial charge in [0, 0.05) is 23.2 Å². The highest BCUT2D eigenvalue weighted by atomic mass is 16.1. The number of rotatable bonds is 3. The molecule has 0 aliphatic rings. The van der Waals surface area contributed by atoms with Gasteiger partial charge in [-0.05, 0) is 11.6 Å². The molecule has 0 spiro atoms. The van der Waals surface area contributed by atoms with Gasteiger partial charge in [-0.25, -0.2) is 0 Å². The normalized spacial score (nSPS) is 10.2. The van der Waals surface area contributed by atoms with E-state index in [1.54, 1.807) is 0 Å². The summed E-state index contributed by atoms with van der Waals surface area (Å²) >= 11 is 0. The highest BCUT2D eigenvalue weighted by Crippen LogP contribution is 2.25. The standard InChI is InChI=1S/C15H15NO/c1-2-15(17)12-9-7-11(8-10-12)13-5-3-4-6-14(13)16/h3-10H,2,16H2,1H3. The summed E-state index contributed by atoms with van der Waals surface area (Å²) in [7, 11) is 0. The Morgan fingerprint density at radius 3 is 2.29 bits per heavy atom. The minimum absolute atomic E-state index is 0.164. The minimum atomic E-state index is 0.164. The molecule has 86 valence electrons. The molecule has 0 aliphatic carbocycles. The summed E-state index contributed by atoms with van der Waals surface area (Å²) in [6.07, 6.45) is 0.535. The van der Waals surface area contributed by atoms with E-state index in [0.717, 1.165) is 22.4 Å². The average Bonchev–Trinajstić information content (AvgIpc) is 2.39. The molecule has 2 heteroatoms. The van der Waals surface area contributed by atoms with Crippen LogP contribution in [0.3, 0.4) is 0 Å². The first-order chi connectivity index (χ1) is 8.22. The van der Waals surface area contributed by atoms with Gasteiger partial charge < -0.3 is 5.73 Å². The predicted octanol–water partition coefficient (Wildman–Crippen LogP) is 3.53. The van der Waals surface area contributed by atoms with Crippen molar-refractivity contribution in [3.8, 4) is 11.1 Å². The van der Waals surface area contributed by atoms with Gasteiger partial charge in [-0.1, -0.05) is 49.4 Å². The zero-order chi connectivity index (χ0) is 12.3. The van der Waals surface area contributed by atoms with Crippen molar-refractivity contribution in [1.29, 1.82) is 0 Å². The molecule has 0 saturated carbocycles. The van der Waals surface area contributed by atoms with Crippen molar-refractivity contribution in [3.05, 3.63) is 54.1 Å². The van der Waals surface area contributed by atoms with Gasteiger partial charge in [0.25, 0.3) is 0 Å². The summed E-state index contributed by atoms with van der Waals surface area (Å²) in [6, 6.07) is 15.3. The van der Waals surface area contributed by atoms with E-state index in [1.807, 2.05) is 55.5 Å². The lowest BCUT2D eigenvalue weighted by atomic mass is 10.0. The van der Waals surface area contributed by atoms with Crippen molar-refractivity contribution < 1.29 is 4.79 Å². The summed E-state index contributed by atoms with van der Waals surface area (Å²) in [5.41, 5.74) is 9.46. The molecule has 2 aromatic carbocycles. The molecule has 17 heavy (non-hydrogen) atoms. The number of nitrogens with two attached hydrogens (primary N) is 1. The Kier molecular flexibility index (Phi) is 3.24. The van der Waals surface area contributed by atoms with Crippen LogP contribution in [0.25, 0.3) is 11.1 Å². The van der Waals surface area contributed by atoms with Crippen LogP contribution in [0, 0.1) is 0 Å². The molecule has 0 fully saturated rings. The SMILES string of the molecule is CCC(=O)c1ccc(-c2ccccc2N)cc1. The molecule has 2 rings (SSSR count). The molecule has 0 saturated heterocycles. The fraction of sp³-hybridized carbons (Fsp3) is 0.133. The maximum absolute atomic E-state index is 11.5. The van der Waals surface area contributed by atoms with Crippen LogP contribution in [0.2, 0.25) is 0 Å². The Labute approximate surface area is 101 Å². The first-order valence-electron chi connectivity index (χ1n) is 5.70. The summed E-state index contributed by atoms with van der Waals surface area (Å²) < 4.78 is 0. The van der Waals surface area contributed by atoms with Gasteiger partial charge in [-0.3, -0.25) is 4.79 Å². The van der Waals surface area contributed by atoms with Gasteiger partial charge in [0.1, 0.15) is 0 Å². The lowest BCUT2D eigenvalue weighted by Crippen LogP contribution is -1.96. The van der Waals surface area contributed by atoms with Crippen LogP contribution in [-0.4, -0.2) is 5.78 Å². The number of Topliss-reactive ketones (excluding diaryl/α,β-unsaturated/α-hetero) is 1. The van der Waals surface area contributed by atoms with Crippen molar-refractivity contribution >= 4 is 11.5 Å². The summed E-state index contributed by atoms with van der Waals surface area (Å²) in [4.78, 5) is 11.5. The second kappa shape index (κ2) is 4.83. The molecule has 0 amide bonds. The summed E-state index contributed by atoms with van der Waals surface area (Å²) in [5.74, 6) is 0.164. The molecule has 0 unspecified atom stereocenters. The van der Waals surface area contributed by atoms with E-state index in [0.29, 0.717) is 6.42 Å². The molecule has 0 aromatic heterocycles. The highest BCUT2D eigenvalue weighted by molar-refractivity contribution is 5.96. The van der Waals surface area contributed by atoms with Crippen LogP contribution >= 0.6 is 0 Å². The molecule has 0 bridgehead atoms. The number of benzene rings is 2. The molecular weight excluding hydrogens is 210 g/mol. The number of anilines is 1. The predicted molar refractivity (Wildman–Crippen MR) is 70.9 cm³/mol. The molecule has 2 nitrogen and oxygen atoms in total. The number of ketones is 1. The average molecular weight is 225 g/mol. The molecule has 0 atom stereocenters. The minimum Gasteiger partial charge on any atom is -0.398 e. The molecule has 2 N–H and O–H groups in total. The molecule has 0 aliphatic heterocycles. The highest BCUT2D eigenvalue weighted by Gasteiger charge is 2.04. The number of carbonyl (C=O) groups excluding carboxylic acids is 1. The number of para-hydroxylation sites is 1.